The maximum absolute atomic E-state index is 4.47. The maximum Gasteiger partial charge on any atom is 0.0596 e. The Morgan fingerprint density at radius 1 is 1.45 bits per heavy atom. The molecule has 0 bridgehead atoms. The van der Waals surface area contributed by atoms with E-state index in [0.29, 0.717) is 11.3 Å². The normalized spacial score (nSPS) is 28.6. The molecule has 4 unspecified atom stereocenters. The summed E-state index contributed by atoms with van der Waals surface area (Å²) < 4.78 is 2.03. The molecule has 4 atom stereocenters. The standard InChI is InChI=1S/C15H27N3S2/c1-6-16-14(8-13-7-10(2)17-18(13)5)15-9-19-11(3)12(4)20-15/h7,11-12,14-16H,6,8-9H2,1-5H3. The highest BCUT2D eigenvalue weighted by molar-refractivity contribution is 8.07. The molecule has 114 valence electrons. The highest BCUT2D eigenvalue weighted by Gasteiger charge is 2.31. The number of rotatable bonds is 5. The van der Waals surface area contributed by atoms with Crippen molar-refractivity contribution >= 4 is 23.5 Å². The van der Waals surface area contributed by atoms with Crippen molar-refractivity contribution in [3.05, 3.63) is 17.5 Å². The Labute approximate surface area is 131 Å². The van der Waals surface area contributed by atoms with Crippen molar-refractivity contribution in [2.75, 3.05) is 12.3 Å². The maximum atomic E-state index is 4.47. The molecule has 5 heteroatoms. The lowest BCUT2D eigenvalue weighted by Gasteiger charge is -2.36. The molecule has 1 aromatic heterocycles. The fourth-order valence-electron chi connectivity index (χ4n) is 2.70. The van der Waals surface area contributed by atoms with Gasteiger partial charge in [0, 0.05) is 46.7 Å². The number of likely N-dealkylation sites (N-methyl/N-ethyl adjacent to an activating group) is 1. The third-order valence-corrected chi connectivity index (χ3v) is 7.57. The average Bonchev–Trinajstić information content (AvgIpc) is 2.71. The molecule has 0 aromatic carbocycles. The van der Waals surface area contributed by atoms with Crippen molar-refractivity contribution < 1.29 is 0 Å². The summed E-state index contributed by atoms with van der Waals surface area (Å²) in [6.07, 6.45) is 1.07. The van der Waals surface area contributed by atoms with Gasteiger partial charge in [0.25, 0.3) is 0 Å². The van der Waals surface area contributed by atoms with E-state index >= 15 is 0 Å². The van der Waals surface area contributed by atoms with Crippen LogP contribution in [0.5, 0.6) is 0 Å². The summed E-state index contributed by atoms with van der Waals surface area (Å²) in [5, 5.41) is 10.4. The Morgan fingerprint density at radius 2 is 2.20 bits per heavy atom. The molecule has 0 aliphatic carbocycles. The van der Waals surface area contributed by atoms with Gasteiger partial charge in [-0.05, 0) is 19.5 Å². The largest absolute Gasteiger partial charge is 0.313 e. The lowest BCUT2D eigenvalue weighted by atomic mass is 10.1. The molecule has 1 aliphatic heterocycles. The molecule has 0 saturated carbocycles. The number of hydrogen-bond acceptors (Lipinski definition) is 4. The Bertz CT molecular complexity index is 433. The zero-order chi connectivity index (χ0) is 14.7. The Kier molecular flexibility index (Phi) is 5.87. The fourth-order valence-corrected chi connectivity index (χ4v) is 5.83. The Hall–Kier alpha value is -0.130. The molecule has 1 saturated heterocycles. The summed E-state index contributed by atoms with van der Waals surface area (Å²) in [6.45, 7) is 10.0. The van der Waals surface area contributed by atoms with Crippen LogP contribution in [0, 0.1) is 6.92 Å². The van der Waals surface area contributed by atoms with Crippen LogP contribution in [0.25, 0.3) is 0 Å². The van der Waals surface area contributed by atoms with Crippen LogP contribution < -0.4 is 5.32 Å². The lowest BCUT2D eigenvalue weighted by Crippen LogP contribution is -2.45. The van der Waals surface area contributed by atoms with Gasteiger partial charge in [-0.15, -0.1) is 0 Å². The number of thioether (sulfide) groups is 2. The number of hydrogen-bond donors (Lipinski definition) is 1. The van der Waals surface area contributed by atoms with Crippen LogP contribution >= 0.6 is 23.5 Å². The van der Waals surface area contributed by atoms with Crippen LogP contribution in [0.2, 0.25) is 0 Å². The molecule has 3 nitrogen and oxygen atoms in total. The minimum Gasteiger partial charge on any atom is -0.313 e. The van der Waals surface area contributed by atoms with Crippen LogP contribution in [-0.4, -0.2) is 43.9 Å². The smallest absolute Gasteiger partial charge is 0.0596 e. The van der Waals surface area contributed by atoms with E-state index in [1.54, 1.807) is 0 Å². The topological polar surface area (TPSA) is 29.9 Å². The second kappa shape index (κ2) is 7.23. The summed E-state index contributed by atoms with van der Waals surface area (Å²) in [7, 11) is 2.05. The Balaban J connectivity index is 2.05. The van der Waals surface area contributed by atoms with Crippen molar-refractivity contribution in [2.24, 2.45) is 7.05 Å². The van der Waals surface area contributed by atoms with E-state index in [4.69, 9.17) is 0 Å². The molecule has 2 rings (SSSR count). The molecule has 0 amide bonds. The molecule has 0 spiro atoms. The van der Waals surface area contributed by atoms with Gasteiger partial charge in [0.2, 0.25) is 0 Å². The second-order valence-corrected chi connectivity index (χ2v) is 8.72. The molecular formula is C15H27N3S2. The fraction of sp³-hybridized carbons (Fsp3) is 0.800. The second-order valence-electron chi connectivity index (χ2n) is 5.69. The quantitative estimate of drug-likeness (QED) is 0.905. The lowest BCUT2D eigenvalue weighted by molar-refractivity contribution is 0.503. The molecule has 20 heavy (non-hydrogen) atoms. The van der Waals surface area contributed by atoms with Gasteiger partial charge in [-0.3, -0.25) is 4.68 Å². The first-order valence-corrected chi connectivity index (χ1v) is 9.50. The number of nitrogens with one attached hydrogen (secondary N) is 1. The van der Waals surface area contributed by atoms with Crippen molar-refractivity contribution in [3.8, 4) is 0 Å². The minimum atomic E-state index is 0.544. The molecule has 1 aliphatic rings. The van der Waals surface area contributed by atoms with Gasteiger partial charge in [-0.25, -0.2) is 0 Å². The van der Waals surface area contributed by atoms with E-state index in [1.807, 2.05) is 4.68 Å². The highest BCUT2D eigenvalue weighted by atomic mass is 32.2. The van der Waals surface area contributed by atoms with E-state index in [9.17, 15) is 0 Å². The number of aryl methyl sites for hydroxylation is 2. The predicted molar refractivity (Wildman–Crippen MR) is 91.9 cm³/mol. The van der Waals surface area contributed by atoms with Gasteiger partial charge in [0.1, 0.15) is 0 Å². The first kappa shape index (κ1) is 16.2. The monoisotopic (exact) mass is 313 g/mol. The van der Waals surface area contributed by atoms with Crippen LogP contribution in [0.3, 0.4) is 0 Å². The van der Waals surface area contributed by atoms with E-state index in [0.717, 1.165) is 29.2 Å². The SMILES string of the molecule is CCNC(Cc1cc(C)nn1C)C1CSC(C)C(C)S1. The zero-order valence-electron chi connectivity index (χ0n) is 13.2. The van der Waals surface area contributed by atoms with E-state index in [1.165, 1.54) is 11.4 Å². The average molecular weight is 314 g/mol. The van der Waals surface area contributed by atoms with E-state index < -0.39 is 0 Å². The van der Waals surface area contributed by atoms with Crippen LogP contribution in [-0.2, 0) is 13.5 Å². The molecule has 1 N–H and O–H groups in total. The third-order valence-electron chi connectivity index (χ3n) is 4.02. The van der Waals surface area contributed by atoms with Crippen molar-refractivity contribution in [1.82, 2.24) is 15.1 Å². The minimum absolute atomic E-state index is 0.544. The zero-order valence-corrected chi connectivity index (χ0v) is 14.9. The van der Waals surface area contributed by atoms with Crippen molar-refractivity contribution in [2.45, 2.75) is 55.9 Å². The molecule has 2 heterocycles. The van der Waals surface area contributed by atoms with Crippen molar-refractivity contribution in [3.63, 3.8) is 0 Å². The number of aromatic nitrogens is 2. The van der Waals surface area contributed by atoms with E-state index in [-0.39, 0.29) is 0 Å². The van der Waals surface area contributed by atoms with Crippen LogP contribution in [0.1, 0.15) is 32.2 Å². The highest BCUT2D eigenvalue weighted by Crippen LogP contribution is 2.37. The van der Waals surface area contributed by atoms with Crippen LogP contribution in [0.4, 0.5) is 0 Å². The predicted octanol–water partition coefficient (Wildman–Crippen LogP) is 2.87. The third kappa shape index (κ3) is 3.95. The summed E-state index contributed by atoms with van der Waals surface area (Å²) in [5.41, 5.74) is 2.45. The summed E-state index contributed by atoms with van der Waals surface area (Å²) in [5.74, 6) is 1.25. The number of nitrogens with zero attached hydrogens (tertiary/aromatic N) is 2. The summed E-state index contributed by atoms with van der Waals surface area (Å²) in [6, 6.07) is 2.76. The summed E-state index contributed by atoms with van der Waals surface area (Å²) >= 11 is 4.29. The first-order chi connectivity index (χ1) is 9.51. The van der Waals surface area contributed by atoms with Gasteiger partial charge in [-0.2, -0.15) is 28.6 Å². The van der Waals surface area contributed by atoms with Crippen LogP contribution in [0.15, 0.2) is 6.07 Å². The molecule has 1 fully saturated rings. The molecule has 1 aromatic rings. The van der Waals surface area contributed by atoms with Gasteiger partial charge in [0.15, 0.2) is 0 Å². The molecular weight excluding hydrogens is 286 g/mol. The van der Waals surface area contributed by atoms with E-state index in [2.05, 4.69) is 74.7 Å². The summed E-state index contributed by atoms with van der Waals surface area (Å²) in [4.78, 5) is 0. The van der Waals surface area contributed by atoms with Gasteiger partial charge in [-0.1, -0.05) is 20.8 Å². The Morgan fingerprint density at radius 3 is 2.75 bits per heavy atom. The van der Waals surface area contributed by atoms with Crippen molar-refractivity contribution in [1.29, 1.82) is 0 Å². The molecule has 0 radical (unpaired) electrons. The first-order valence-electron chi connectivity index (χ1n) is 7.51. The van der Waals surface area contributed by atoms with Gasteiger partial charge >= 0.3 is 0 Å². The van der Waals surface area contributed by atoms with Gasteiger partial charge < -0.3 is 5.32 Å². The van der Waals surface area contributed by atoms with Gasteiger partial charge in [0.05, 0.1) is 5.69 Å².